The minimum absolute atomic E-state index is 0.277. The number of fused-ring (bicyclic) bond motifs is 1. The number of ether oxygens (including phenoxy) is 1. The number of aryl methyl sites for hydroxylation is 1. The quantitative estimate of drug-likeness (QED) is 0.675. The maximum absolute atomic E-state index is 13.5. The van der Waals surface area contributed by atoms with Crippen molar-refractivity contribution >= 4 is 0 Å². The lowest BCUT2D eigenvalue weighted by Crippen LogP contribution is -2.28. The number of rotatable bonds is 2. The first kappa shape index (κ1) is 15.6. The number of hydrogen-bond donors (Lipinski definition) is 0. The Balaban J connectivity index is 1.98. The van der Waals surface area contributed by atoms with E-state index in [0.717, 1.165) is 27.8 Å². The SMILES string of the molecule is Cc1ccc(C2(c3ccc(F)cc3)OCc3cc(C#N)ccc32)cc1. The van der Waals surface area contributed by atoms with Gasteiger partial charge in [0.1, 0.15) is 11.4 Å². The van der Waals surface area contributed by atoms with Crippen LogP contribution in [0, 0.1) is 24.1 Å². The fourth-order valence-electron chi connectivity index (χ4n) is 3.51. The van der Waals surface area contributed by atoms with Crippen LogP contribution in [0.4, 0.5) is 4.39 Å². The molecule has 0 fully saturated rings. The fraction of sp³-hybridized carbons (Fsp3) is 0.136. The van der Waals surface area contributed by atoms with Crippen LogP contribution in [0.15, 0.2) is 66.7 Å². The molecule has 0 N–H and O–H groups in total. The number of halogens is 1. The molecule has 0 amide bonds. The summed E-state index contributed by atoms with van der Waals surface area (Å²) < 4.78 is 19.8. The summed E-state index contributed by atoms with van der Waals surface area (Å²) in [6.07, 6.45) is 0. The first-order valence-corrected chi connectivity index (χ1v) is 8.14. The molecule has 1 aliphatic rings. The van der Waals surface area contributed by atoms with Crippen molar-refractivity contribution in [2.75, 3.05) is 0 Å². The van der Waals surface area contributed by atoms with E-state index in [1.807, 2.05) is 43.3 Å². The molecule has 25 heavy (non-hydrogen) atoms. The zero-order chi connectivity index (χ0) is 17.4. The van der Waals surface area contributed by atoms with Crippen LogP contribution in [-0.2, 0) is 16.9 Å². The van der Waals surface area contributed by atoms with E-state index in [0.29, 0.717) is 12.2 Å². The van der Waals surface area contributed by atoms with Crippen LogP contribution >= 0.6 is 0 Å². The lowest BCUT2D eigenvalue weighted by Gasteiger charge is -2.31. The molecular weight excluding hydrogens is 313 g/mol. The summed E-state index contributed by atoms with van der Waals surface area (Å²) in [6.45, 7) is 2.45. The molecule has 1 unspecified atom stereocenters. The Morgan fingerprint density at radius 2 is 1.60 bits per heavy atom. The first-order valence-electron chi connectivity index (χ1n) is 8.14. The van der Waals surface area contributed by atoms with Gasteiger partial charge >= 0.3 is 0 Å². The highest BCUT2D eigenvalue weighted by atomic mass is 19.1. The standard InChI is InChI=1S/C22H16FNO/c1-15-2-5-18(6-3-15)22(19-7-9-20(23)10-8-19)21-11-4-16(13-24)12-17(21)14-25-22/h2-12H,14H2,1H3. The third-order valence-electron chi connectivity index (χ3n) is 4.77. The summed E-state index contributed by atoms with van der Waals surface area (Å²) in [6, 6.07) is 22.4. The van der Waals surface area contributed by atoms with Gasteiger partial charge in [-0.2, -0.15) is 5.26 Å². The lowest BCUT2D eigenvalue weighted by molar-refractivity contribution is 0.0267. The smallest absolute Gasteiger partial charge is 0.144 e. The molecule has 0 bridgehead atoms. The van der Waals surface area contributed by atoms with E-state index in [9.17, 15) is 4.39 Å². The summed E-state index contributed by atoms with van der Waals surface area (Å²) in [4.78, 5) is 0. The van der Waals surface area contributed by atoms with Crippen molar-refractivity contribution < 1.29 is 9.13 Å². The van der Waals surface area contributed by atoms with E-state index in [-0.39, 0.29) is 5.82 Å². The van der Waals surface area contributed by atoms with E-state index in [4.69, 9.17) is 10.00 Å². The molecule has 2 nitrogen and oxygen atoms in total. The maximum atomic E-state index is 13.5. The van der Waals surface area contributed by atoms with E-state index in [1.165, 1.54) is 12.1 Å². The molecule has 0 radical (unpaired) electrons. The van der Waals surface area contributed by atoms with Gasteiger partial charge in [0.2, 0.25) is 0 Å². The number of hydrogen-bond acceptors (Lipinski definition) is 2. The first-order chi connectivity index (χ1) is 12.1. The highest BCUT2D eigenvalue weighted by molar-refractivity contribution is 5.54. The largest absolute Gasteiger partial charge is 0.356 e. The van der Waals surface area contributed by atoms with Gasteiger partial charge in [-0.15, -0.1) is 0 Å². The lowest BCUT2D eigenvalue weighted by atomic mass is 9.79. The molecule has 1 atom stereocenters. The Bertz CT molecular complexity index is 923. The molecule has 1 aliphatic heterocycles. The van der Waals surface area contributed by atoms with E-state index >= 15 is 0 Å². The van der Waals surface area contributed by atoms with Crippen molar-refractivity contribution in [3.63, 3.8) is 0 Å². The Hall–Kier alpha value is -2.96. The molecule has 1 heterocycles. The molecular formula is C22H16FNO. The molecule has 3 aromatic carbocycles. The normalized spacial score (nSPS) is 18.6. The molecule has 4 rings (SSSR count). The summed E-state index contributed by atoms with van der Waals surface area (Å²) in [5.41, 5.74) is 4.85. The predicted octanol–water partition coefficient (Wildman–Crippen LogP) is 4.83. The van der Waals surface area contributed by atoms with Crippen molar-refractivity contribution in [2.24, 2.45) is 0 Å². The second-order valence-corrected chi connectivity index (χ2v) is 6.33. The minimum atomic E-state index is -0.787. The van der Waals surface area contributed by atoms with Gasteiger partial charge in [-0.05, 0) is 53.4 Å². The van der Waals surface area contributed by atoms with Crippen LogP contribution in [0.3, 0.4) is 0 Å². The van der Waals surface area contributed by atoms with Gasteiger partial charge in [-0.3, -0.25) is 0 Å². The van der Waals surface area contributed by atoms with Gasteiger partial charge in [-0.1, -0.05) is 48.0 Å². The summed E-state index contributed by atoms with van der Waals surface area (Å²) in [5, 5.41) is 9.16. The molecule has 0 saturated heterocycles. The van der Waals surface area contributed by atoms with E-state index in [1.54, 1.807) is 18.2 Å². The van der Waals surface area contributed by atoms with Crippen molar-refractivity contribution in [3.8, 4) is 6.07 Å². The molecule has 3 heteroatoms. The van der Waals surface area contributed by atoms with Crippen molar-refractivity contribution in [2.45, 2.75) is 19.1 Å². The van der Waals surface area contributed by atoms with Crippen LogP contribution in [0.5, 0.6) is 0 Å². The number of benzene rings is 3. The van der Waals surface area contributed by atoms with Gasteiger partial charge < -0.3 is 4.74 Å². The van der Waals surface area contributed by atoms with E-state index in [2.05, 4.69) is 6.07 Å². The fourth-order valence-corrected chi connectivity index (χ4v) is 3.51. The molecule has 122 valence electrons. The molecule has 0 aliphatic carbocycles. The second kappa shape index (κ2) is 5.84. The Labute approximate surface area is 146 Å². The minimum Gasteiger partial charge on any atom is -0.356 e. The highest BCUT2D eigenvalue weighted by Gasteiger charge is 2.43. The number of nitrogens with zero attached hydrogens (tertiary/aromatic N) is 1. The van der Waals surface area contributed by atoms with Crippen LogP contribution < -0.4 is 0 Å². The molecule has 0 saturated carbocycles. The van der Waals surface area contributed by atoms with Crippen molar-refractivity contribution in [1.29, 1.82) is 5.26 Å². The highest BCUT2D eigenvalue weighted by Crippen LogP contribution is 2.47. The average molecular weight is 329 g/mol. The van der Waals surface area contributed by atoms with Crippen LogP contribution in [0.25, 0.3) is 0 Å². The average Bonchev–Trinajstić information content (AvgIpc) is 3.02. The van der Waals surface area contributed by atoms with Gasteiger partial charge in [0, 0.05) is 0 Å². The monoisotopic (exact) mass is 329 g/mol. The Morgan fingerprint density at radius 3 is 2.24 bits per heavy atom. The van der Waals surface area contributed by atoms with Gasteiger partial charge in [0.15, 0.2) is 0 Å². The number of nitriles is 1. The zero-order valence-corrected chi connectivity index (χ0v) is 13.8. The van der Waals surface area contributed by atoms with Crippen molar-refractivity contribution in [1.82, 2.24) is 0 Å². The Morgan fingerprint density at radius 1 is 0.960 bits per heavy atom. The zero-order valence-electron chi connectivity index (χ0n) is 13.8. The maximum Gasteiger partial charge on any atom is 0.144 e. The summed E-state index contributed by atoms with van der Waals surface area (Å²) in [5.74, 6) is -0.277. The topological polar surface area (TPSA) is 33.0 Å². The third-order valence-corrected chi connectivity index (χ3v) is 4.77. The summed E-state index contributed by atoms with van der Waals surface area (Å²) in [7, 11) is 0. The van der Waals surface area contributed by atoms with E-state index < -0.39 is 5.60 Å². The van der Waals surface area contributed by atoms with Crippen molar-refractivity contribution in [3.05, 3.63) is 106 Å². The van der Waals surface area contributed by atoms with Gasteiger partial charge in [0.25, 0.3) is 0 Å². The van der Waals surface area contributed by atoms with Gasteiger partial charge in [-0.25, -0.2) is 4.39 Å². The predicted molar refractivity (Wildman–Crippen MR) is 93.4 cm³/mol. The summed E-state index contributed by atoms with van der Waals surface area (Å²) >= 11 is 0. The van der Waals surface area contributed by atoms with Gasteiger partial charge in [0.05, 0.1) is 18.2 Å². The molecule has 0 spiro atoms. The Kier molecular flexibility index (Phi) is 3.63. The van der Waals surface area contributed by atoms with Crippen LogP contribution in [0.2, 0.25) is 0 Å². The second-order valence-electron chi connectivity index (χ2n) is 6.33. The van der Waals surface area contributed by atoms with Crippen LogP contribution in [-0.4, -0.2) is 0 Å². The third kappa shape index (κ3) is 2.43. The van der Waals surface area contributed by atoms with Crippen LogP contribution in [0.1, 0.15) is 33.4 Å². The molecule has 0 aromatic heterocycles. The molecule has 3 aromatic rings.